The van der Waals surface area contributed by atoms with Crippen LogP contribution in [0.3, 0.4) is 0 Å². The number of nitrogens with zero attached hydrogens (tertiary/aromatic N) is 1. The Hall–Kier alpha value is -1.75. The topological polar surface area (TPSA) is 73.2 Å². The van der Waals surface area contributed by atoms with E-state index in [4.69, 9.17) is 15.2 Å². The Morgan fingerprint density at radius 1 is 1.32 bits per heavy atom. The maximum atomic E-state index is 5.88. The molecule has 0 saturated carbocycles. The Balaban J connectivity index is 2.10. The molecule has 0 amide bonds. The van der Waals surface area contributed by atoms with Gasteiger partial charge in [-0.25, -0.2) is 4.98 Å². The zero-order valence-corrected chi connectivity index (χ0v) is 11.3. The van der Waals surface area contributed by atoms with Crippen LogP contribution < -0.4 is 15.2 Å². The molecule has 1 unspecified atom stereocenters. The molecule has 0 fully saturated rings. The molecule has 1 aliphatic heterocycles. The number of nitrogens with one attached hydrogen (secondary N) is 1. The molecule has 102 valence electrons. The first kappa shape index (κ1) is 12.3. The Kier molecular flexibility index (Phi) is 2.86. The lowest BCUT2D eigenvalue weighted by molar-refractivity contribution is 0.172. The van der Waals surface area contributed by atoms with Gasteiger partial charge in [0.05, 0.1) is 11.0 Å². The number of nitrogens with two attached hydrogens (primary N) is 1. The quantitative estimate of drug-likeness (QED) is 0.885. The normalized spacial score (nSPS) is 17.4. The highest BCUT2D eigenvalue weighted by molar-refractivity contribution is 5.80. The van der Waals surface area contributed by atoms with Gasteiger partial charge >= 0.3 is 0 Å². The van der Waals surface area contributed by atoms with Crippen LogP contribution in [0.4, 0.5) is 0 Å². The molecule has 5 heteroatoms. The molecule has 1 aliphatic rings. The van der Waals surface area contributed by atoms with Crippen molar-refractivity contribution in [2.45, 2.75) is 25.7 Å². The van der Waals surface area contributed by atoms with Gasteiger partial charge < -0.3 is 20.2 Å². The smallest absolute Gasteiger partial charge is 0.163 e. The number of aromatic amines is 1. The lowest BCUT2D eigenvalue weighted by atomic mass is 9.87. The third-order valence-electron chi connectivity index (χ3n) is 3.95. The number of fused-ring (bicyclic) bond motifs is 2. The number of hydrogen-bond acceptors (Lipinski definition) is 4. The summed E-state index contributed by atoms with van der Waals surface area (Å²) in [6, 6.07) is 3.88. The average molecular weight is 261 g/mol. The number of rotatable bonds is 3. The fourth-order valence-electron chi connectivity index (χ4n) is 2.24. The fourth-order valence-corrected chi connectivity index (χ4v) is 2.24. The number of benzene rings is 1. The molecule has 0 aliphatic carbocycles. The van der Waals surface area contributed by atoms with Crippen LogP contribution in [0, 0.1) is 0 Å². The molecule has 3 N–H and O–H groups in total. The van der Waals surface area contributed by atoms with Gasteiger partial charge in [0.1, 0.15) is 19.0 Å². The highest BCUT2D eigenvalue weighted by Gasteiger charge is 2.27. The fraction of sp³-hybridized carbons (Fsp3) is 0.500. The van der Waals surface area contributed by atoms with E-state index in [0.29, 0.717) is 19.8 Å². The highest BCUT2D eigenvalue weighted by Crippen LogP contribution is 2.35. The van der Waals surface area contributed by atoms with Crippen LogP contribution in [0.5, 0.6) is 11.5 Å². The van der Waals surface area contributed by atoms with E-state index in [2.05, 4.69) is 23.8 Å². The summed E-state index contributed by atoms with van der Waals surface area (Å²) in [5.74, 6) is 2.47. The summed E-state index contributed by atoms with van der Waals surface area (Å²) in [7, 11) is 0. The monoisotopic (exact) mass is 261 g/mol. The van der Waals surface area contributed by atoms with Crippen LogP contribution >= 0.6 is 0 Å². The molecule has 1 aromatic carbocycles. The first-order chi connectivity index (χ1) is 9.16. The molecule has 0 spiro atoms. The lowest BCUT2D eigenvalue weighted by Crippen LogP contribution is -2.32. The predicted octanol–water partition coefficient (Wildman–Crippen LogP) is 1.96. The molecule has 2 heterocycles. The lowest BCUT2D eigenvalue weighted by Gasteiger charge is -2.23. The van der Waals surface area contributed by atoms with Gasteiger partial charge in [0.2, 0.25) is 0 Å². The minimum atomic E-state index is -0.124. The molecule has 0 bridgehead atoms. The third-order valence-corrected chi connectivity index (χ3v) is 3.95. The number of imidazole rings is 1. The zero-order chi connectivity index (χ0) is 13.5. The average Bonchev–Trinajstić information content (AvgIpc) is 2.87. The molecular weight excluding hydrogens is 242 g/mol. The summed E-state index contributed by atoms with van der Waals surface area (Å²) in [4.78, 5) is 8.02. The van der Waals surface area contributed by atoms with Gasteiger partial charge in [-0.1, -0.05) is 13.8 Å². The number of hydrogen-bond donors (Lipinski definition) is 2. The van der Waals surface area contributed by atoms with E-state index >= 15 is 0 Å². The predicted molar refractivity (Wildman–Crippen MR) is 73.8 cm³/mol. The molecule has 5 nitrogen and oxygen atoms in total. The van der Waals surface area contributed by atoms with Crippen molar-refractivity contribution in [3.63, 3.8) is 0 Å². The SMILES string of the molecule is CCC(C)(CN)c1nc2cc3c(cc2[nH]1)OCCO3. The van der Waals surface area contributed by atoms with Crippen molar-refractivity contribution in [3.05, 3.63) is 18.0 Å². The van der Waals surface area contributed by atoms with Crippen molar-refractivity contribution in [3.8, 4) is 11.5 Å². The van der Waals surface area contributed by atoms with E-state index in [1.54, 1.807) is 0 Å². The highest BCUT2D eigenvalue weighted by atomic mass is 16.6. The van der Waals surface area contributed by atoms with Crippen LogP contribution in [0.2, 0.25) is 0 Å². The number of ether oxygens (including phenoxy) is 2. The summed E-state index contributed by atoms with van der Waals surface area (Å²) in [6.45, 7) is 5.99. The van der Waals surface area contributed by atoms with Gasteiger partial charge in [0.15, 0.2) is 11.5 Å². The van der Waals surface area contributed by atoms with E-state index in [-0.39, 0.29) is 5.41 Å². The Morgan fingerprint density at radius 3 is 2.63 bits per heavy atom. The molecule has 0 radical (unpaired) electrons. The van der Waals surface area contributed by atoms with Gasteiger partial charge in [-0.15, -0.1) is 0 Å². The zero-order valence-electron chi connectivity index (χ0n) is 11.3. The maximum Gasteiger partial charge on any atom is 0.163 e. The van der Waals surface area contributed by atoms with Gasteiger partial charge in [-0.2, -0.15) is 0 Å². The van der Waals surface area contributed by atoms with Crippen molar-refractivity contribution < 1.29 is 9.47 Å². The largest absolute Gasteiger partial charge is 0.486 e. The molecule has 1 aromatic heterocycles. The molecular formula is C14H19N3O2. The molecule has 19 heavy (non-hydrogen) atoms. The van der Waals surface area contributed by atoms with E-state index in [1.165, 1.54) is 0 Å². The van der Waals surface area contributed by atoms with Crippen molar-refractivity contribution in [1.82, 2.24) is 9.97 Å². The van der Waals surface area contributed by atoms with Crippen LogP contribution in [-0.4, -0.2) is 29.7 Å². The van der Waals surface area contributed by atoms with Crippen LogP contribution in [0.25, 0.3) is 11.0 Å². The third kappa shape index (κ3) is 1.94. The summed E-state index contributed by atoms with van der Waals surface area (Å²) >= 11 is 0. The molecule has 0 saturated heterocycles. The van der Waals surface area contributed by atoms with Crippen LogP contribution in [0.15, 0.2) is 12.1 Å². The molecule has 1 atom stereocenters. The second kappa shape index (κ2) is 4.42. The van der Waals surface area contributed by atoms with E-state index < -0.39 is 0 Å². The number of H-pyrrole nitrogens is 1. The van der Waals surface area contributed by atoms with Gasteiger partial charge in [-0.05, 0) is 6.42 Å². The Bertz CT molecular complexity index is 559. The van der Waals surface area contributed by atoms with Gasteiger partial charge in [0, 0.05) is 24.1 Å². The Labute approximate surface area is 112 Å². The van der Waals surface area contributed by atoms with Crippen molar-refractivity contribution in [2.24, 2.45) is 5.73 Å². The standard InChI is InChI=1S/C14H19N3O2/c1-3-14(2,8-15)13-16-9-6-11-12(7-10(9)17-13)19-5-4-18-11/h6-7H,3-5,8,15H2,1-2H3,(H,16,17). The molecule has 3 rings (SSSR count). The van der Waals surface area contributed by atoms with Gasteiger partial charge in [-0.3, -0.25) is 0 Å². The van der Waals surface area contributed by atoms with E-state index in [9.17, 15) is 0 Å². The van der Waals surface area contributed by atoms with Crippen LogP contribution in [0.1, 0.15) is 26.1 Å². The minimum absolute atomic E-state index is 0.124. The van der Waals surface area contributed by atoms with Gasteiger partial charge in [0.25, 0.3) is 0 Å². The summed E-state index contributed by atoms with van der Waals surface area (Å²) in [6.07, 6.45) is 0.941. The summed E-state index contributed by atoms with van der Waals surface area (Å²) in [5.41, 5.74) is 7.62. The van der Waals surface area contributed by atoms with Crippen molar-refractivity contribution in [2.75, 3.05) is 19.8 Å². The van der Waals surface area contributed by atoms with E-state index in [0.717, 1.165) is 34.8 Å². The summed E-state index contributed by atoms with van der Waals surface area (Å²) in [5, 5.41) is 0. The van der Waals surface area contributed by atoms with Crippen LogP contribution in [-0.2, 0) is 5.41 Å². The van der Waals surface area contributed by atoms with Crippen molar-refractivity contribution in [1.29, 1.82) is 0 Å². The second-order valence-electron chi connectivity index (χ2n) is 5.22. The maximum absolute atomic E-state index is 5.88. The summed E-state index contributed by atoms with van der Waals surface area (Å²) < 4.78 is 11.2. The minimum Gasteiger partial charge on any atom is -0.486 e. The molecule has 2 aromatic rings. The first-order valence-corrected chi connectivity index (χ1v) is 6.66. The first-order valence-electron chi connectivity index (χ1n) is 6.66. The number of aromatic nitrogens is 2. The second-order valence-corrected chi connectivity index (χ2v) is 5.22. The van der Waals surface area contributed by atoms with Crippen molar-refractivity contribution >= 4 is 11.0 Å². The van der Waals surface area contributed by atoms with E-state index in [1.807, 2.05) is 12.1 Å². The Morgan fingerprint density at radius 2 is 2.00 bits per heavy atom.